The van der Waals surface area contributed by atoms with Crippen molar-refractivity contribution >= 4 is 17.8 Å². The van der Waals surface area contributed by atoms with E-state index in [0.29, 0.717) is 25.4 Å². The Labute approximate surface area is 156 Å². The Kier molecular flexibility index (Phi) is 12.0. The first-order chi connectivity index (χ1) is 12.6. The van der Waals surface area contributed by atoms with Crippen LogP contribution in [0.1, 0.15) is 13.8 Å². The molecule has 0 aromatic heterocycles. The highest BCUT2D eigenvalue weighted by Gasteiger charge is 2.07. The monoisotopic (exact) mass is 386 g/mol. The van der Waals surface area contributed by atoms with E-state index in [2.05, 4.69) is 10.6 Å². The molecule has 0 heterocycles. The number of amides is 1. The smallest absolute Gasteiger partial charge is 0.414 e. The molecule has 1 aromatic carbocycles. The van der Waals surface area contributed by atoms with Crippen LogP contribution in [-0.2, 0) is 14.4 Å². The largest absolute Gasteiger partial charge is 0.508 e. The standard InChI is InChI=1S/C15H24N2O4.C2H2O4/c1-11(2)15(20)17-7-6-16-9-13(19)10-21-14-5-3-4-12(18)8-14;3-1(4)2(5)6/h3-5,8,11,13,16,18-19H,6-7,9-10H2,1-2H3,(H,17,20);(H,3,4)(H,5,6). The summed E-state index contributed by atoms with van der Waals surface area (Å²) in [7, 11) is 0. The summed E-state index contributed by atoms with van der Waals surface area (Å²) < 4.78 is 5.36. The van der Waals surface area contributed by atoms with Crippen molar-refractivity contribution in [1.82, 2.24) is 10.6 Å². The van der Waals surface area contributed by atoms with Crippen molar-refractivity contribution in [3.05, 3.63) is 24.3 Å². The maximum absolute atomic E-state index is 11.3. The molecule has 10 nitrogen and oxygen atoms in total. The van der Waals surface area contributed by atoms with E-state index in [1.807, 2.05) is 13.8 Å². The fourth-order valence-corrected chi connectivity index (χ4v) is 1.57. The van der Waals surface area contributed by atoms with E-state index in [9.17, 15) is 15.0 Å². The van der Waals surface area contributed by atoms with Crippen molar-refractivity contribution in [3.8, 4) is 11.5 Å². The number of rotatable bonds is 9. The number of aliphatic carboxylic acids is 2. The Bertz CT molecular complexity index is 594. The first-order valence-electron chi connectivity index (χ1n) is 8.18. The first-order valence-corrected chi connectivity index (χ1v) is 8.18. The lowest BCUT2D eigenvalue weighted by Crippen LogP contribution is -2.38. The van der Waals surface area contributed by atoms with Crippen LogP contribution in [0.5, 0.6) is 11.5 Å². The van der Waals surface area contributed by atoms with Gasteiger partial charge >= 0.3 is 11.9 Å². The number of carbonyl (C=O) groups excluding carboxylic acids is 1. The number of phenolic OH excluding ortho intramolecular Hbond substituents is 1. The zero-order valence-corrected chi connectivity index (χ0v) is 15.2. The fraction of sp³-hybridized carbons (Fsp3) is 0.471. The molecule has 0 fully saturated rings. The molecular weight excluding hydrogens is 360 g/mol. The highest BCUT2D eigenvalue weighted by Crippen LogP contribution is 2.17. The highest BCUT2D eigenvalue weighted by molar-refractivity contribution is 6.27. The molecule has 10 heteroatoms. The van der Waals surface area contributed by atoms with Crippen molar-refractivity contribution in [2.75, 3.05) is 26.2 Å². The summed E-state index contributed by atoms with van der Waals surface area (Å²) in [6.07, 6.45) is -0.659. The van der Waals surface area contributed by atoms with E-state index in [1.54, 1.807) is 18.2 Å². The number of aliphatic hydroxyl groups is 1. The zero-order chi connectivity index (χ0) is 20.8. The lowest BCUT2D eigenvalue weighted by Gasteiger charge is -2.14. The Hall–Kier alpha value is -2.85. The van der Waals surface area contributed by atoms with Gasteiger partial charge in [0.25, 0.3) is 0 Å². The zero-order valence-electron chi connectivity index (χ0n) is 15.2. The molecule has 0 radical (unpaired) electrons. The molecule has 6 N–H and O–H groups in total. The molecule has 27 heavy (non-hydrogen) atoms. The molecule has 0 aliphatic heterocycles. The van der Waals surface area contributed by atoms with Gasteiger partial charge in [-0.3, -0.25) is 4.79 Å². The van der Waals surface area contributed by atoms with Crippen LogP contribution in [0.4, 0.5) is 0 Å². The van der Waals surface area contributed by atoms with Crippen LogP contribution >= 0.6 is 0 Å². The van der Waals surface area contributed by atoms with Crippen LogP contribution in [0.3, 0.4) is 0 Å². The summed E-state index contributed by atoms with van der Waals surface area (Å²) in [6.45, 7) is 5.29. The summed E-state index contributed by atoms with van der Waals surface area (Å²) in [5.41, 5.74) is 0. The molecule has 1 atom stereocenters. The molecule has 1 rings (SSSR count). The number of hydrogen-bond acceptors (Lipinski definition) is 7. The van der Waals surface area contributed by atoms with Crippen molar-refractivity contribution < 1.29 is 39.5 Å². The number of ether oxygens (including phenoxy) is 1. The fourth-order valence-electron chi connectivity index (χ4n) is 1.57. The van der Waals surface area contributed by atoms with Gasteiger partial charge in [-0.05, 0) is 12.1 Å². The summed E-state index contributed by atoms with van der Waals surface area (Å²) in [6, 6.07) is 6.42. The molecule has 0 aliphatic carbocycles. The van der Waals surface area contributed by atoms with Crippen LogP contribution in [0.2, 0.25) is 0 Å². The van der Waals surface area contributed by atoms with E-state index in [-0.39, 0.29) is 24.2 Å². The Morgan fingerprint density at radius 2 is 1.74 bits per heavy atom. The van der Waals surface area contributed by atoms with Crippen LogP contribution in [0, 0.1) is 5.92 Å². The van der Waals surface area contributed by atoms with E-state index in [1.165, 1.54) is 6.07 Å². The number of hydrogen-bond donors (Lipinski definition) is 6. The minimum absolute atomic E-state index is 0.0181. The van der Waals surface area contributed by atoms with Gasteiger partial charge in [-0.2, -0.15) is 0 Å². The second-order valence-corrected chi connectivity index (χ2v) is 5.72. The van der Waals surface area contributed by atoms with Crippen molar-refractivity contribution in [2.24, 2.45) is 5.92 Å². The number of aliphatic hydroxyl groups excluding tert-OH is 1. The third-order valence-corrected chi connectivity index (χ3v) is 2.95. The molecule has 0 aliphatic rings. The third-order valence-electron chi connectivity index (χ3n) is 2.95. The van der Waals surface area contributed by atoms with Crippen molar-refractivity contribution in [3.63, 3.8) is 0 Å². The second kappa shape index (κ2) is 13.4. The maximum Gasteiger partial charge on any atom is 0.414 e. The van der Waals surface area contributed by atoms with Gasteiger partial charge < -0.3 is 35.8 Å². The van der Waals surface area contributed by atoms with Gasteiger partial charge in [-0.25, -0.2) is 9.59 Å². The maximum atomic E-state index is 11.3. The van der Waals surface area contributed by atoms with Gasteiger partial charge in [-0.1, -0.05) is 19.9 Å². The van der Waals surface area contributed by atoms with E-state index in [0.717, 1.165) is 0 Å². The third kappa shape index (κ3) is 13.1. The molecule has 152 valence electrons. The van der Waals surface area contributed by atoms with E-state index >= 15 is 0 Å². The molecule has 1 aromatic rings. The topological polar surface area (TPSA) is 165 Å². The number of carbonyl (C=O) groups is 3. The van der Waals surface area contributed by atoms with Gasteiger partial charge in [0, 0.05) is 31.6 Å². The molecule has 1 unspecified atom stereocenters. The van der Waals surface area contributed by atoms with Gasteiger partial charge in [0.05, 0.1) is 0 Å². The van der Waals surface area contributed by atoms with Gasteiger partial charge in [0.2, 0.25) is 5.91 Å². The van der Waals surface area contributed by atoms with E-state index < -0.39 is 18.0 Å². The summed E-state index contributed by atoms with van der Waals surface area (Å²) in [5, 5.41) is 39.6. The average molecular weight is 386 g/mol. The Morgan fingerprint density at radius 1 is 1.11 bits per heavy atom. The van der Waals surface area contributed by atoms with Crippen LogP contribution < -0.4 is 15.4 Å². The van der Waals surface area contributed by atoms with Crippen LogP contribution in [0.15, 0.2) is 24.3 Å². The number of nitrogens with one attached hydrogen (secondary N) is 2. The number of carboxylic acid groups (broad SMARTS) is 2. The number of carboxylic acids is 2. The molecule has 0 spiro atoms. The Balaban J connectivity index is 0.000000972. The molecule has 0 saturated carbocycles. The predicted octanol–water partition coefficient (Wildman–Crippen LogP) is -0.351. The number of benzene rings is 1. The SMILES string of the molecule is CC(C)C(=O)NCCNCC(O)COc1cccc(O)c1.O=C(O)C(=O)O. The van der Waals surface area contributed by atoms with Crippen molar-refractivity contribution in [2.45, 2.75) is 20.0 Å². The predicted molar refractivity (Wildman–Crippen MR) is 95.6 cm³/mol. The van der Waals surface area contributed by atoms with Gasteiger partial charge in [0.15, 0.2) is 0 Å². The summed E-state index contributed by atoms with van der Waals surface area (Å²) in [4.78, 5) is 29.5. The second-order valence-electron chi connectivity index (χ2n) is 5.72. The number of phenols is 1. The number of aromatic hydroxyl groups is 1. The summed E-state index contributed by atoms with van der Waals surface area (Å²) in [5.74, 6) is -3.01. The van der Waals surface area contributed by atoms with Gasteiger partial charge in [0.1, 0.15) is 24.2 Å². The molecule has 0 bridgehead atoms. The normalized spacial score (nSPS) is 11.1. The lowest BCUT2D eigenvalue weighted by molar-refractivity contribution is -0.159. The molecule has 0 saturated heterocycles. The Morgan fingerprint density at radius 3 is 2.26 bits per heavy atom. The minimum atomic E-state index is -1.82. The van der Waals surface area contributed by atoms with Crippen LogP contribution in [-0.4, -0.2) is 70.6 Å². The summed E-state index contributed by atoms with van der Waals surface area (Å²) >= 11 is 0. The average Bonchev–Trinajstić information content (AvgIpc) is 2.60. The van der Waals surface area contributed by atoms with Crippen molar-refractivity contribution in [1.29, 1.82) is 0 Å². The minimum Gasteiger partial charge on any atom is -0.508 e. The highest BCUT2D eigenvalue weighted by atomic mass is 16.5. The molecular formula is C17H26N2O8. The first kappa shape index (κ1) is 24.1. The quantitative estimate of drug-likeness (QED) is 0.246. The van der Waals surface area contributed by atoms with Crippen LogP contribution in [0.25, 0.3) is 0 Å². The van der Waals surface area contributed by atoms with E-state index in [4.69, 9.17) is 24.5 Å². The van der Waals surface area contributed by atoms with Gasteiger partial charge in [-0.15, -0.1) is 0 Å². The lowest BCUT2D eigenvalue weighted by atomic mass is 10.2. The molecule has 1 amide bonds.